The van der Waals surface area contributed by atoms with Gasteiger partial charge >= 0.3 is 0 Å². The standard InChI is InChI=1S/C26H26BrClN2O4S/c1-3-5-16-30(4-2)35(33,34)20-13-10-18(11-14-20)26(32)29-24-15-12-19(27)17-22(24)25(31)21-8-6-7-9-23(21)28/h6-15,17H,3-5,16H2,1-2H3,(H,29,32). The van der Waals surface area contributed by atoms with Crippen molar-refractivity contribution in [3.63, 3.8) is 0 Å². The Morgan fingerprint density at radius 1 is 0.971 bits per heavy atom. The second-order valence-corrected chi connectivity index (χ2v) is 11.1. The fourth-order valence-corrected chi connectivity index (χ4v) is 5.58. The van der Waals surface area contributed by atoms with E-state index in [-0.39, 0.29) is 21.8 Å². The Kier molecular flexibility index (Phi) is 9.24. The summed E-state index contributed by atoms with van der Waals surface area (Å²) in [5.74, 6) is -0.803. The molecule has 184 valence electrons. The molecule has 0 heterocycles. The molecular weight excluding hydrogens is 552 g/mol. The summed E-state index contributed by atoms with van der Waals surface area (Å²) in [6, 6.07) is 17.4. The number of halogens is 2. The summed E-state index contributed by atoms with van der Waals surface area (Å²) in [7, 11) is -3.64. The van der Waals surface area contributed by atoms with Gasteiger partial charge in [-0.2, -0.15) is 4.31 Å². The molecule has 6 nitrogen and oxygen atoms in total. The van der Waals surface area contributed by atoms with Gasteiger partial charge in [-0.3, -0.25) is 9.59 Å². The van der Waals surface area contributed by atoms with E-state index in [2.05, 4.69) is 21.2 Å². The number of nitrogens with zero attached hydrogens (tertiary/aromatic N) is 1. The zero-order valence-electron chi connectivity index (χ0n) is 19.4. The summed E-state index contributed by atoms with van der Waals surface area (Å²) < 4.78 is 28.0. The number of nitrogens with one attached hydrogen (secondary N) is 1. The average Bonchev–Trinajstić information content (AvgIpc) is 2.85. The van der Waals surface area contributed by atoms with E-state index in [0.717, 1.165) is 12.8 Å². The number of carbonyl (C=O) groups excluding carboxylic acids is 2. The lowest BCUT2D eigenvalue weighted by Crippen LogP contribution is -2.31. The van der Waals surface area contributed by atoms with Crippen molar-refractivity contribution >= 4 is 54.9 Å². The number of ketones is 1. The Labute approximate surface area is 219 Å². The van der Waals surface area contributed by atoms with Crippen LogP contribution in [0.5, 0.6) is 0 Å². The first-order valence-corrected chi connectivity index (χ1v) is 13.8. The predicted octanol–water partition coefficient (Wildman–Crippen LogP) is 6.40. The minimum Gasteiger partial charge on any atom is -0.321 e. The minimum absolute atomic E-state index is 0.130. The Balaban J connectivity index is 1.85. The third-order valence-electron chi connectivity index (χ3n) is 5.46. The largest absolute Gasteiger partial charge is 0.321 e. The van der Waals surface area contributed by atoms with Crippen LogP contribution >= 0.6 is 27.5 Å². The molecular formula is C26H26BrClN2O4S. The molecule has 3 aromatic carbocycles. The van der Waals surface area contributed by atoms with Gasteiger partial charge in [0, 0.05) is 34.3 Å². The number of amides is 1. The van der Waals surface area contributed by atoms with Crippen molar-refractivity contribution in [3.8, 4) is 0 Å². The maximum atomic E-state index is 13.2. The van der Waals surface area contributed by atoms with Gasteiger partial charge in [0.05, 0.1) is 15.6 Å². The Bertz CT molecular complexity index is 1330. The summed E-state index contributed by atoms with van der Waals surface area (Å²) in [5.41, 5.74) is 1.17. The van der Waals surface area contributed by atoms with E-state index < -0.39 is 15.9 Å². The third-order valence-corrected chi connectivity index (χ3v) is 8.27. The van der Waals surface area contributed by atoms with Gasteiger partial charge < -0.3 is 5.32 Å². The molecule has 0 saturated heterocycles. The highest BCUT2D eigenvalue weighted by molar-refractivity contribution is 9.10. The van der Waals surface area contributed by atoms with Crippen molar-refractivity contribution < 1.29 is 18.0 Å². The van der Waals surface area contributed by atoms with Crippen molar-refractivity contribution in [3.05, 3.63) is 92.9 Å². The van der Waals surface area contributed by atoms with Gasteiger partial charge in [-0.15, -0.1) is 0 Å². The number of carbonyl (C=O) groups is 2. The van der Waals surface area contributed by atoms with Crippen LogP contribution in [0.1, 0.15) is 53.0 Å². The van der Waals surface area contributed by atoms with Crippen molar-refractivity contribution in [2.75, 3.05) is 18.4 Å². The van der Waals surface area contributed by atoms with E-state index in [1.54, 1.807) is 49.4 Å². The molecule has 0 saturated carbocycles. The van der Waals surface area contributed by atoms with Crippen LogP contribution in [0.4, 0.5) is 5.69 Å². The van der Waals surface area contributed by atoms with Gasteiger partial charge in [0.2, 0.25) is 10.0 Å². The molecule has 1 amide bonds. The first-order chi connectivity index (χ1) is 16.7. The summed E-state index contributed by atoms with van der Waals surface area (Å²) in [4.78, 5) is 26.2. The van der Waals surface area contributed by atoms with Crippen LogP contribution in [-0.2, 0) is 10.0 Å². The van der Waals surface area contributed by atoms with Crippen LogP contribution in [0.15, 0.2) is 76.1 Å². The van der Waals surface area contributed by atoms with E-state index in [1.165, 1.54) is 28.6 Å². The molecule has 1 N–H and O–H groups in total. The molecule has 0 atom stereocenters. The van der Waals surface area contributed by atoms with Crippen molar-refractivity contribution in [1.82, 2.24) is 4.31 Å². The van der Waals surface area contributed by atoms with Crippen LogP contribution in [0, 0.1) is 0 Å². The van der Waals surface area contributed by atoms with E-state index in [0.29, 0.717) is 33.8 Å². The molecule has 0 aliphatic heterocycles. The first-order valence-electron chi connectivity index (χ1n) is 11.2. The highest BCUT2D eigenvalue weighted by Crippen LogP contribution is 2.27. The summed E-state index contributed by atoms with van der Waals surface area (Å²) in [6.07, 6.45) is 1.66. The van der Waals surface area contributed by atoms with Gasteiger partial charge in [-0.25, -0.2) is 8.42 Å². The number of hydrogen-bond donors (Lipinski definition) is 1. The second kappa shape index (κ2) is 11.9. The van der Waals surface area contributed by atoms with Gasteiger partial charge in [0.1, 0.15) is 0 Å². The molecule has 0 radical (unpaired) electrons. The number of unbranched alkanes of at least 4 members (excludes halogenated alkanes) is 1. The second-order valence-electron chi connectivity index (χ2n) is 7.83. The van der Waals surface area contributed by atoms with Crippen molar-refractivity contribution in [2.24, 2.45) is 0 Å². The number of benzene rings is 3. The molecule has 0 unspecified atom stereocenters. The van der Waals surface area contributed by atoms with Crippen molar-refractivity contribution in [1.29, 1.82) is 0 Å². The number of rotatable bonds is 10. The quantitative estimate of drug-likeness (QED) is 0.283. The van der Waals surface area contributed by atoms with Gasteiger partial charge in [0.15, 0.2) is 5.78 Å². The highest BCUT2D eigenvalue weighted by atomic mass is 79.9. The molecule has 9 heteroatoms. The third kappa shape index (κ3) is 6.38. The molecule has 0 fully saturated rings. The zero-order chi connectivity index (χ0) is 25.6. The topological polar surface area (TPSA) is 83.6 Å². The van der Waals surface area contributed by atoms with Crippen LogP contribution in [0.25, 0.3) is 0 Å². The Hall–Kier alpha value is -2.52. The molecule has 0 aromatic heterocycles. The fourth-order valence-electron chi connectivity index (χ4n) is 3.51. The Morgan fingerprint density at radius 3 is 2.29 bits per heavy atom. The van der Waals surface area contributed by atoms with Crippen LogP contribution in [0.3, 0.4) is 0 Å². The summed E-state index contributed by atoms with van der Waals surface area (Å²) in [6.45, 7) is 4.63. The minimum atomic E-state index is -3.64. The Morgan fingerprint density at radius 2 is 1.66 bits per heavy atom. The van der Waals surface area contributed by atoms with Crippen LogP contribution in [-0.4, -0.2) is 37.5 Å². The van der Waals surface area contributed by atoms with Crippen LogP contribution < -0.4 is 5.32 Å². The lowest BCUT2D eigenvalue weighted by Gasteiger charge is -2.20. The number of sulfonamides is 1. The lowest BCUT2D eigenvalue weighted by molar-refractivity contribution is 0.102. The molecule has 3 rings (SSSR count). The first kappa shape index (κ1) is 27.1. The van der Waals surface area contributed by atoms with Gasteiger partial charge in [-0.1, -0.05) is 59.9 Å². The lowest BCUT2D eigenvalue weighted by atomic mass is 10.0. The maximum absolute atomic E-state index is 13.2. The monoisotopic (exact) mass is 576 g/mol. The van der Waals surface area contributed by atoms with E-state index in [1.807, 2.05) is 6.92 Å². The molecule has 0 aliphatic carbocycles. The van der Waals surface area contributed by atoms with Crippen molar-refractivity contribution in [2.45, 2.75) is 31.6 Å². The molecule has 0 spiro atoms. The number of anilines is 1. The maximum Gasteiger partial charge on any atom is 0.255 e. The molecule has 3 aromatic rings. The van der Waals surface area contributed by atoms with E-state index in [4.69, 9.17) is 11.6 Å². The van der Waals surface area contributed by atoms with E-state index in [9.17, 15) is 18.0 Å². The van der Waals surface area contributed by atoms with Crippen LogP contribution in [0.2, 0.25) is 5.02 Å². The smallest absolute Gasteiger partial charge is 0.255 e. The fraction of sp³-hybridized carbons (Fsp3) is 0.231. The van der Waals surface area contributed by atoms with E-state index >= 15 is 0 Å². The molecule has 0 aliphatic rings. The summed E-state index contributed by atoms with van der Waals surface area (Å²) >= 11 is 9.57. The normalized spacial score (nSPS) is 11.5. The SMILES string of the molecule is CCCCN(CC)S(=O)(=O)c1ccc(C(=O)Nc2ccc(Br)cc2C(=O)c2ccccc2Cl)cc1. The average molecular weight is 578 g/mol. The predicted molar refractivity (Wildman–Crippen MR) is 143 cm³/mol. The summed E-state index contributed by atoms with van der Waals surface area (Å²) in [5, 5.41) is 3.07. The molecule has 0 bridgehead atoms. The molecule has 35 heavy (non-hydrogen) atoms. The highest BCUT2D eigenvalue weighted by Gasteiger charge is 2.23. The van der Waals surface area contributed by atoms with Gasteiger partial charge in [-0.05, 0) is 61.0 Å². The van der Waals surface area contributed by atoms with Gasteiger partial charge in [0.25, 0.3) is 5.91 Å². The number of hydrogen-bond acceptors (Lipinski definition) is 4. The zero-order valence-corrected chi connectivity index (χ0v) is 22.6.